The number of amides is 1. The molecule has 0 aliphatic rings. The molecule has 1 heterocycles. The van der Waals surface area contributed by atoms with Gasteiger partial charge in [0.1, 0.15) is 5.15 Å². The highest BCUT2D eigenvalue weighted by atomic mass is 35.5. The lowest BCUT2D eigenvalue weighted by Crippen LogP contribution is -2.13. The van der Waals surface area contributed by atoms with E-state index < -0.39 is 0 Å². The van der Waals surface area contributed by atoms with Crippen molar-refractivity contribution in [2.24, 2.45) is 0 Å². The number of carbonyl (C=O) groups is 1. The summed E-state index contributed by atoms with van der Waals surface area (Å²) in [6.07, 6.45) is 0.307. The SMILES string of the molecule is COCCC(=O)Nc1cc(Cl)[nH]n1. The van der Waals surface area contributed by atoms with Gasteiger partial charge in [-0.3, -0.25) is 9.89 Å². The molecule has 0 saturated carbocycles. The lowest BCUT2D eigenvalue weighted by atomic mass is 10.4. The lowest BCUT2D eigenvalue weighted by molar-refractivity contribution is -0.117. The number of halogens is 1. The van der Waals surface area contributed by atoms with Gasteiger partial charge in [-0.15, -0.1) is 0 Å². The minimum atomic E-state index is -0.148. The average molecular weight is 204 g/mol. The topological polar surface area (TPSA) is 67.0 Å². The first-order chi connectivity index (χ1) is 6.22. The molecule has 5 nitrogen and oxygen atoms in total. The highest BCUT2D eigenvalue weighted by Gasteiger charge is 2.04. The summed E-state index contributed by atoms with van der Waals surface area (Å²) in [4.78, 5) is 11.1. The average Bonchev–Trinajstić information content (AvgIpc) is 2.48. The number of hydrogen-bond acceptors (Lipinski definition) is 3. The van der Waals surface area contributed by atoms with Crippen LogP contribution in [0.25, 0.3) is 0 Å². The molecule has 0 aliphatic heterocycles. The third-order valence-electron chi connectivity index (χ3n) is 1.35. The Morgan fingerprint density at radius 1 is 1.85 bits per heavy atom. The van der Waals surface area contributed by atoms with Crippen LogP contribution in [0.2, 0.25) is 5.15 Å². The number of aromatic amines is 1. The Balaban J connectivity index is 2.36. The van der Waals surface area contributed by atoms with Crippen LogP contribution in [-0.2, 0) is 9.53 Å². The van der Waals surface area contributed by atoms with Gasteiger partial charge in [0, 0.05) is 13.2 Å². The van der Waals surface area contributed by atoms with Crippen molar-refractivity contribution in [1.82, 2.24) is 10.2 Å². The molecule has 1 rings (SSSR count). The quantitative estimate of drug-likeness (QED) is 0.769. The Labute approximate surface area is 80.4 Å². The van der Waals surface area contributed by atoms with Crippen LogP contribution in [0.3, 0.4) is 0 Å². The zero-order valence-electron chi connectivity index (χ0n) is 7.13. The van der Waals surface area contributed by atoms with Crippen molar-refractivity contribution in [1.29, 1.82) is 0 Å². The first-order valence-corrected chi connectivity index (χ1v) is 4.10. The van der Waals surface area contributed by atoms with Gasteiger partial charge in [-0.25, -0.2) is 0 Å². The third kappa shape index (κ3) is 3.43. The Bertz CT molecular complexity index is 287. The highest BCUT2D eigenvalue weighted by Crippen LogP contribution is 2.09. The summed E-state index contributed by atoms with van der Waals surface area (Å²) in [6.45, 7) is 0.393. The third-order valence-corrected chi connectivity index (χ3v) is 1.54. The summed E-state index contributed by atoms with van der Waals surface area (Å²) < 4.78 is 4.74. The molecule has 0 bridgehead atoms. The van der Waals surface area contributed by atoms with Crippen molar-refractivity contribution in [3.8, 4) is 0 Å². The molecule has 2 N–H and O–H groups in total. The normalized spacial score (nSPS) is 10.0. The molecule has 0 unspecified atom stereocenters. The van der Waals surface area contributed by atoms with Crippen LogP contribution < -0.4 is 5.32 Å². The van der Waals surface area contributed by atoms with E-state index in [9.17, 15) is 4.79 Å². The number of nitrogens with one attached hydrogen (secondary N) is 2. The van der Waals surface area contributed by atoms with Crippen LogP contribution in [-0.4, -0.2) is 29.8 Å². The van der Waals surface area contributed by atoms with E-state index in [1.807, 2.05) is 0 Å². The van der Waals surface area contributed by atoms with Crippen molar-refractivity contribution in [2.45, 2.75) is 6.42 Å². The number of ether oxygens (including phenoxy) is 1. The van der Waals surface area contributed by atoms with E-state index in [2.05, 4.69) is 15.5 Å². The maximum Gasteiger partial charge on any atom is 0.227 e. The van der Waals surface area contributed by atoms with E-state index in [1.54, 1.807) is 7.11 Å². The van der Waals surface area contributed by atoms with Crippen LogP contribution >= 0.6 is 11.6 Å². The predicted octanol–water partition coefficient (Wildman–Crippen LogP) is 1.04. The molecule has 0 aliphatic carbocycles. The van der Waals surface area contributed by atoms with Gasteiger partial charge in [0.15, 0.2) is 5.82 Å². The molecule has 0 saturated heterocycles. The van der Waals surface area contributed by atoms with Gasteiger partial charge in [0.2, 0.25) is 5.91 Å². The highest BCUT2D eigenvalue weighted by molar-refractivity contribution is 6.29. The second-order valence-electron chi connectivity index (χ2n) is 2.39. The number of rotatable bonds is 4. The molecular weight excluding hydrogens is 194 g/mol. The molecule has 1 amide bonds. The van der Waals surface area contributed by atoms with Crippen molar-refractivity contribution in [3.63, 3.8) is 0 Å². The number of aromatic nitrogens is 2. The maximum absolute atomic E-state index is 11.1. The van der Waals surface area contributed by atoms with E-state index >= 15 is 0 Å². The maximum atomic E-state index is 11.1. The summed E-state index contributed by atoms with van der Waals surface area (Å²) in [7, 11) is 1.54. The van der Waals surface area contributed by atoms with Gasteiger partial charge >= 0.3 is 0 Å². The second-order valence-corrected chi connectivity index (χ2v) is 2.80. The minimum absolute atomic E-state index is 0.148. The predicted molar refractivity (Wildman–Crippen MR) is 48.7 cm³/mol. The molecule has 1 aromatic heterocycles. The minimum Gasteiger partial charge on any atom is -0.384 e. The molecule has 0 atom stereocenters. The Hall–Kier alpha value is -1.07. The van der Waals surface area contributed by atoms with E-state index in [1.165, 1.54) is 6.07 Å². The Kier molecular flexibility index (Phi) is 3.72. The van der Waals surface area contributed by atoms with Gasteiger partial charge in [-0.1, -0.05) is 11.6 Å². The van der Waals surface area contributed by atoms with Crippen LogP contribution in [0.4, 0.5) is 5.82 Å². The van der Waals surface area contributed by atoms with E-state index in [0.717, 1.165) is 0 Å². The molecule has 0 fully saturated rings. The summed E-state index contributed by atoms with van der Waals surface area (Å²) in [5, 5.41) is 9.18. The largest absolute Gasteiger partial charge is 0.384 e. The molecule has 0 spiro atoms. The van der Waals surface area contributed by atoms with Crippen LogP contribution in [0.15, 0.2) is 6.07 Å². The molecule has 13 heavy (non-hydrogen) atoms. The molecule has 0 radical (unpaired) electrons. The van der Waals surface area contributed by atoms with Crippen molar-refractivity contribution < 1.29 is 9.53 Å². The van der Waals surface area contributed by atoms with Crippen molar-refractivity contribution >= 4 is 23.3 Å². The van der Waals surface area contributed by atoms with Crippen molar-refractivity contribution in [3.05, 3.63) is 11.2 Å². The zero-order chi connectivity index (χ0) is 9.68. The summed E-state index contributed by atoms with van der Waals surface area (Å²) in [5.74, 6) is 0.274. The van der Waals surface area contributed by atoms with Gasteiger partial charge in [-0.05, 0) is 0 Å². The smallest absolute Gasteiger partial charge is 0.227 e. The Morgan fingerprint density at radius 3 is 3.15 bits per heavy atom. The first-order valence-electron chi connectivity index (χ1n) is 3.72. The number of H-pyrrole nitrogens is 1. The van der Waals surface area contributed by atoms with Crippen LogP contribution in [0, 0.1) is 0 Å². The van der Waals surface area contributed by atoms with Crippen LogP contribution in [0.5, 0.6) is 0 Å². The van der Waals surface area contributed by atoms with Crippen LogP contribution in [0.1, 0.15) is 6.42 Å². The van der Waals surface area contributed by atoms with E-state index in [4.69, 9.17) is 16.3 Å². The lowest BCUT2D eigenvalue weighted by Gasteiger charge is -1.99. The summed E-state index contributed by atoms with van der Waals surface area (Å²) >= 11 is 5.55. The monoisotopic (exact) mass is 203 g/mol. The number of anilines is 1. The van der Waals surface area contributed by atoms with E-state index in [0.29, 0.717) is 24.0 Å². The van der Waals surface area contributed by atoms with E-state index in [-0.39, 0.29) is 5.91 Å². The van der Waals surface area contributed by atoms with Crippen molar-refractivity contribution in [2.75, 3.05) is 19.0 Å². The molecular formula is C7H10ClN3O2. The van der Waals surface area contributed by atoms with Gasteiger partial charge in [0.25, 0.3) is 0 Å². The standard InChI is InChI=1S/C7H10ClN3O2/c1-13-3-2-7(12)9-6-4-5(8)10-11-6/h4H,2-3H2,1H3,(H2,9,10,11,12). The van der Waals surface area contributed by atoms with Gasteiger partial charge in [-0.2, -0.15) is 5.10 Å². The summed E-state index contributed by atoms with van der Waals surface area (Å²) in [5.41, 5.74) is 0. The second kappa shape index (κ2) is 4.84. The number of nitrogens with zero attached hydrogens (tertiary/aromatic N) is 1. The Morgan fingerprint density at radius 2 is 2.62 bits per heavy atom. The fourth-order valence-corrected chi connectivity index (χ4v) is 0.908. The molecule has 1 aromatic rings. The first kappa shape index (κ1) is 10.0. The molecule has 72 valence electrons. The molecule has 0 aromatic carbocycles. The number of carbonyl (C=O) groups excluding carboxylic acids is 1. The zero-order valence-corrected chi connectivity index (χ0v) is 7.89. The van der Waals surface area contributed by atoms with Gasteiger partial charge in [0.05, 0.1) is 13.0 Å². The van der Waals surface area contributed by atoms with Gasteiger partial charge < -0.3 is 10.1 Å². The summed E-state index contributed by atoms with van der Waals surface area (Å²) in [6, 6.07) is 1.53. The molecule has 6 heteroatoms. The fraction of sp³-hybridized carbons (Fsp3) is 0.429. The number of hydrogen-bond donors (Lipinski definition) is 2. The number of methoxy groups -OCH3 is 1. The fourth-order valence-electron chi connectivity index (χ4n) is 0.762.